The van der Waals surface area contributed by atoms with Crippen LogP contribution in [0.4, 0.5) is 0 Å². The molecule has 0 fully saturated rings. The molecule has 0 saturated heterocycles. The number of aromatic nitrogens is 1. The quantitative estimate of drug-likeness (QED) is 0.650. The van der Waals surface area contributed by atoms with E-state index in [9.17, 15) is 4.79 Å². The van der Waals surface area contributed by atoms with Gasteiger partial charge in [-0.15, -0.1) is 0 Å². The molecule has 1 aromatic rings. The number of hydrogen-bond donors (Lipinski definition) is 0. The molecule has 0 amide bonds. The van der Waals surface area contributed by atoms with E-state index in [1.807, 2.05) is 33.8 Å². The van der Waals surface area contributed by atoms with Crippen molar-refractivity contribution < 1.29 is 4.79 Å². The summed E-state index contributed by atoms with van der Waals surface area (Å²) in [5.74, 6) is 0.137. The molecule has 0 bridgehead atoms. The molecule has 0 aromatic carbocycles. The molecule has 1 heterocycles. The molecule has 0 radical (unpaired) electrons. The summed E-state index contributed by atoms with van der Waals surface area (Å²) in [4.78, 5) is 15.7. The van der Waals surface area contributed by atoms with Crippen molar-refractivity contribution in [3.05, 3.63) is 29.1 Å². The summed E-state index contributed by atoms with van der Waals surface area (Å²) in [6.07, 6.45) is 1.75. The number of hydrogen-bond acceptors (Lipinski definition) is 2. The van der Waals surface area contributed by atoms with Gasteiger partial charge in [0.1, 0.15) is 5.69 Å². The molecule has 1 rings (SSSR count). The van der Waals surface area contributed by atoms with Crippen LogP contribution in [-0.4, -0.2) is 10.8 Å². The van der Waals surface area contributed by atoms with E-state index in [4.69, 9.17) is 0 Å². The van der Waals surface area contributed by atoms with E-state index in [2.05, 4.69) is 4.98 Å². The molecule has 13 heavy (non-hydrogen) atoms. The molecular formula is C11H15NO. The van der Waals surface area contributed by atoms with Crippen LogP contribution in [0.25, 0.3) is 0 Å². The zero-order valence-corrected chi connectivity index (χ0v) is 8.59. The third-order valence-electron chi connectivity index (χ3n) is 2.15. The van der Waals surface area contributed by atoms with E-state index in [0.717, 1.165) is 11.1 Å². The molecule has 2 nitrogen and oxygen atoms in total. The van der Waals surface area contributed by atoms with Gasteiger partial charge in [-0.3, -0.25) is 9.78 Å². The van der Waals surface area contributed by atoms with Crippen LogP contribution in [0.2, 0.25) is 0 Å². The molecule has 0 saturated carbocycles. The lowest BCUT2D eigenvalue weighted by Gasteiger charge is -2.05. The van der Waals surface area contributed by atoms with Gasteiger partial charge in [-0.05, 0) is 31.0 Å². The minimum Gasteiger partial charge on any atom is -0.292 e. The second kappa shape index (κ2) is 3.69. The van der Waals surface area contributed by atoms with E-state index >= 15 is 0 Å². The Morgan fingerprint density at radius 3 is 2.38 bits per heavy atom. The van der Waals surface area contributed by atoms with E-state index in [0.29, 0.717) is 5.69 Å². The second-order valence-corrected chi connectivity index (χ2v) is 3.67. The van der Waals surface area contributed by atoms with Crippen LogP contribution in [0.5, 0.6) is 0 Å². The molecule has 70 valence electrons. The largest absolute Gasteiger partial charge is 0.292 e. The number of Topliss-reactive ketones (excluding diaryl/α,β-unsaturated/α-hetero) is 1. The lowest BCUT2D eigenvalue weighted by atomic mass is 10.0. The molecule has 0 N–H and O–H groups in total. The third-order valence-corrected chi connectivity index (χ3v) is 2.15. The number of carbonyl (C=O) groups excluding carboxylic acids is 1. The number of aryl methyl sites for hydroxylation is 2. The predicted molar refractivity (Wildman–Crippen MR) is 52.9 cm³/mol. The zero-order chi connectivity index (χ0) is 10.0. The van der Waals surface area contributed by atoms with Gasteiger partial charge in [0, 0.05) is 12.1 Å². The third kappa shape index (κ3) is 2.14. The Kier molecular flexibility index (Phi) is 2.81. The van der Waals surface area contributed by atoms with E-state index < -0.39 is 0 Å². The Labute approximate surface area is 79.0 Å². The summed E-state index contributed by atoms with van der Waals surface area (Å²) in [5, 5.41) is 0. The fraction of sp³-hybridized carbons (Fsp3) is 0.455. The Bertz CT molecular complexity index is 329. The first kappa shape index (κ1) is 9.90. The molecule has 2 heteroatoms. The van der Waals surface area contributed by atoms with Crippen LogP contribution in [0.1, 0.15) is 35.5 Å². The number of pyridine rings is 1. The van der Waals surface area contributed by atoms with Gasteiger partial charge >= 0.3 is 0 Å². The standard InChI is InChI=1S/C11H15NO/c1-7(2)11(13)10-5-8(3)9(4)6-12-10/h5-7H,1-4H3. The van der Waals surface area contributed by atoms with Crippen LogP contribution < -0.4 is 0 Å². The molecule has 0 aliphatic carbocycles. The van der Waals surface area contributed by atoms with Crippen molar-refractivity contribution >= 4 is 5.78 Å². The van der Waals surface area contributed by atoms with Crippen LogP contribution in [0.15, 0.2) is 12.3 Å². The van der Waals surface area contributed by atoms with Crippen molar-refractivity contribution in [1.29, 1.82) is 0 Å². The molecule has 0 aliphatic rings. The first-order valence-electron chi connectivity index (χ1n) is 4.50. The second-order valence-electron chi connectivity index (χ2n) is 3.67. The molecule has 0 aliphatic heterocycles. The van der Waals surface area contributed by atoms with E-state index in [-0.39, 0.29) is 11.7 Å². The molecule has 0 spiro atoms. The zero-order valence-electron chi connectivity index (χ0n) is 8.59. The Hall–Kier alpha value is -1.18. The van der Waals surface area contributed by atoms with Crippen molar-refractivity contribution in [1.82, 2.24) is 4.98 Å². The van der Waals surface area contributed by atoms with Crippen molar-refractivity contribution in [2.75, 3.05) is 0 Å². The van der Waals surface area contributed by atoms with E-state index in [1.165, 1.54) is 0 Å². The van der Waals surface area contributed by atoms with Gasteiger partial charge in [-0.25, -0.2) is 0 Å². The summed E-state index contributed by atoms with van der Waals surface area (Å²) < 4.78 is 0. The minimum absolute atomic E-state index is 0.0228. The SMILES string of the molecule is Cc1cnc(C(=O)C(C)C)cc1C. The predicted octanol–water partition coefficient (Wildman–Crippen LogP) is 2.54. The summed E-state index contributed by atoms with van der Waals surface area (Å²) in [6.45, 7) is 7.76. The van der Waals surface area contributed by atoms with Crippen LogP contribution in [0, 0.1) is 19.8 Å². The lowest BCUT2D eigenvalue weighted by Crippen LogP contribution is -2.09. The van der Waals surface area contributed by atoms with Gasteiger partial charge in [0.25, 0.3) is 0 Å². The molecule has 0 atom stereocenters. The van der Waals surface area contributed by atoms with Crippen molar-refractivity contribution in [2.24, 2.45) is 5.92 Å². The maximum Gasteiger partial charge on any atom is 0.183 e. The Morgan fingerprint density at radius 2 is 1.92 bits per heavy atom. The molecular weight excluding hydrogens is 162 g/mol. The smallest absolute Gasteiger partial charge is 0.183 e. The minimum atomic E-state index is 0.0228. The van der Waals surface area contributed by atoms with Crippen LogP contribution in [0.3, 0.4) is 0 Å². The van der Waals surface area contributed by atoms with Gasteiger partial charge in [-0.2, -0.15) is 0 Å². The molecule has 1 aromatic heterocycles. The highest BCUT2D eigenvalue weighted by atomic mass is 16.1. The Balaban J connectivity index is 3.04. The van der Waals surface area contributed by atoms with Gasteiger partial charge in [0.2, 0.25) is 0 Å². The van der Waals surface area contributed by atoms with E-state index in [1.54, 1.807) is 6.20 Å². The summed E-state index contributed by atoms with van der Waals surface area (Å²) in [6, 6.07) is 1.86. The van der Waals surface area contributed by atoms with Gasteiger partial charge < -0.3 is 0 Å². The normalized spacial score (nSPS) is 10.5. The van der Waals surface area contributed by atoms with Gasteiger partial charge in [0.05, 0.1) is 0 Å². The average Bonchev–Trinajstić information content (AvgIpc) is 2.08. The van der Waals surface area contributed by atoms with Crippen molar-refractivity contribution in [2.45, 2.75) is 27.7 Å². The Morgan fingerprint density at radius 1 is 1.31 bits per heavy atom. The monoisotopic (exact) mass is 177 g/mol. The van der Waals surface area contributed by atoms with Crippen LogP contribution in [-0.2, 0) is 0 Å². The highest BCUT2D eigenvalue weighted by Gasteiger charge is 2.11. The topological polar surface area (TPSA) is 30.0 Å². The lowest BCUT2D eigenvalue weighted by molar-refractivity contribution is 0.0934. The first-order chi connectivity index (χ1) is 6.02. The van der Waals surface area contributed by atoms with Crippen molar-refractivity contribution in [3.8, 4) is 0 Å². The van der Waals surface area contributed by atoms with Gasteiger partial charge in [0.15, 0.2) is 5.78 Å². The summed E-state index contributed by atoms with van der Waals surface area (Å²) >= 11 is 0. The molecule has 0 unspecified atom stereocenters. The maximum absolute atomic E-state index is 11.5. The number of nitrogens with zero attached hydrogens (tertiary/aromatic N) is 1. The summed E-state index contributed by atoms with van der Waals surface area (Å²) in [7, 11) is 0. The fourth-order valence-electron chi connectivity index (χ4n) is 1.05. The number of rotatable bonds is 2. The number of carbonyl (C=O) groups is 1. The first-order valence-corrected chi connectivity index (χ1v) is 4.50. The maximum atomic E-state index is 11.5. The average molecular weight is 177 g/mol. The number of ketones is 1. The van der Waals surface area contributed by atoms with Crippen molar-refractivity contribution in [3.63, 3.8) is 0 Å². The fourth-order valence-corrected chi connectivity index (χ4v) is 1.05. The summed E-state index contributed by atoms with van der Waals surface area (Å²) in [5.41, 5.74) is 2.83. The highest BCUT2D eigenvalue weighted by Crippen LogP contribution is 2.10. The van der Waals surface area contributed by atoms with Gasteiger partial charge in [-0.1, -0.05) is 13.8 Å². The van der Waals surface area contributed by atoms with Crippen LogP contribution >= 0.6 is 0 Å². The highest BCUT2D eigenvalue weighted by molar-refractivity contribution is 5.95.